The Bertz CT molecular complexity index is 181. The van der Waals surface area contributed by atoms with Crippen molar-refractivity contribution in [1.29, 1.82) is 0 Å². The SMILES string of the molecule is CS/C=C(\SC)C(C)N=C(C)C. The summed E-state index contributed by atoms with van der Waals surface area (Å²) in [6.07, 6.45) is 4.17. The molecule has 0 fully saturated rings. The van der Waals surface area contributed by atoms with Crippen molar-refractivity contribution in [3.05, 3.63) is 10.3 Å². The largest absolute Gasteiger partial charge is 0.286 e. The second kappa shape index (κ2) is 6.61. The number of thioether (sulfide) groups is 2. The molecule has 0 N–H and O–H groups in total. The van der Waals surface area contributed by atoms with Crippen molar-refractivity contribution in [2.45, 2.75) is 26.8 Å². The molecular formula is C9H17NS2. The van der Waals surface area contributed by atoms with E-state index < -0.39 is 0 Å². The van der Waals surface area contributed by atoms with Crippen LogP contribution in [0.4, 0.5) is 0 Å². The van der Waals surface area contributed by atoms with Gasteiger partial charge in [0.25, 0.3) is 0 Å². The van der Waals surface area contributed by atoms with Crippen LogP contribution in [0.2, 0.25) is 0 Å². The van der Waals surface area contributed by atoms with Gasteiger partial charge in [-0.25, -0.2) is 0 Å². The summed E-state index contributed by atoms with van der Waals surface area (Å²) in [5.41, 5.74) is 1.14. The lowest BCUT2D eigenvalue weighted by Crippen LogP contribution is -2.01. The van der Waals surface area contributed by atoms with E-state index in [4.69, 9.17) is 0 Å². The molecule has 0 aromatic carbocycles. The Kier molecular flexibility index (Phi) is 6.67. The molecule has 0 aliphatic rings. The number of aliphatic imine (C=N–C) groups is 1. The molecule has 0 amide bonds. The van der Waals surface area contributed by atoms with E-state index in [1.807, 2.05) is 13.8 Å². The van der Waals surface area contributed by atoms with Gasteiger partial charge in [0.05, 0.1) is 6.04 Å². The third-order valence-electron chi connectivity index (χ3n) is 1.33. The molecular weight excluding hydrogens is 186 g/mol. The first-order valence-corrected chi connectivity index (χ1v) is 6.41. The highest BCUT2D eigenvalue weighted by Crippen LogP contribution is 2.21. The van der Waals surface area contributed by atoms with E-state index in [0.717, 1.165) is 5.71 Å². The Labute approximate surface area is 84.1 Å². The zero-order valence-electron chi connectivity index (χ0n) is 8.42. The Morgan fingerprint density at radius 2 is 1.92 bits per heavy atom. The van der Waals surface area contributed by atoms with Crippen LogP contribution >= 0.6 is 23.5 Å². The summed E-state index contributed by atoms with van der Waals surface area (Å²) < 4.78 is 0. The van der Waals surface area contributed by atoms with Gasteiger partial charge in [0.15, 0.2) is 0 Å². The van der Waals surface area contributed by atoms with E-state index in [1.165, 1.54) is 4.91 Å². The van der Waals surface area contributed by atoms with Crippen molar-refractivity contribution >= 4 is 29.2 Å². The topological polar surface area (TPSA) is 12.4 Å². The van der Waals surface area contributed by atoms with Gasteiger partial charge < -0.3 is 0 Å². The van der Waals surface area contributed by atoms with Gasteiger partial charge >= 0.3 is 0 Å². The Hall–Kier alpha value is 0.110. The van der Waals surface area contributed by atoms with Gasteiger partial charge in [-0.3, -0.25) is 4.99 Å². The molecule has 0 aliphatic carbocycles. The lowest BCUT2D eigenvalue weighted by molar-refractivity contribution is 0.911. The minimum Gasteiger partial charge on any atom is -0.286 e. The summed E-state index contributed by atoms with van der Waals surface area (Å²) in [4.78, 5) is 5.82. The van der Waals surface area contributed by atoms with Crippen molar-refractivity contribution in [1.82, 2.24) is 0 Å². The fourth-order valence-electron chi connectivity index (χ4n) is 0.884. The Morgan fingerprint density at radius 1 is 1.33 bits per heavy atom. The fourth-order valence-corrected chi connectivity index (χ4v) is 2.38. The maximum Gasteiger partial charge on any atom is 0.0783 e. The maximum absolute atomic E-state index is 4.48. The summed E-state index contributed by atoms with van der Waals surface area (Å²) >= 11 is 3.52. The minimum atomic E-state index is 0.317. The molecule has 12 heavy (non-hydrogen) atoms. The lowest BCUT2D eigenvalue weighted by atomic mass is 10.3. The molecule has 0 aromatic rings. The Balaban J connectivity index is 4.32. The highest BCUT2D eigenvalue weighted by Gasteiger charge is 2.04. The van der Waals surface area contributed by atoms with Crippen LogP contribution < -0.4 is 0 Å². The van der Waals surface area contributed by atoms with Gasteiger partial charge in [-0.1, -0.05) is 0 Å². The van der Waals surface area contributed by atoms with E-state index in [-0.39, 0.29) is 0 Å². The first-order valence-electron chi connectivity index (χ1n) is 3.89. The van der Waals surface area contributed by atoms with Crippen molar-refractivity contribution in [2.75, 3.05) is 12.5 Å². The van der Waals surface area contributed by atoms with Gasteiger partial charge in [-0.15, -0.1) is 23.5 Å². The van der Waals surface area contributed by atoms with E-state index in [1.54, 1.807) is 23.5 Å². The van der Waals surface area contributed by atoms with Crippen LogP contribution in [0.3, 0.4) is 0 Å². The molecule has 0 saturated heterocycles. The molecule has 1 unspecified atom stereocenters. The van der Waals surface area contributed by atoms with Crippen LogP contribution in [0.25, 0.3) is 0 Å². The third-order valence-corrected chi connectivity index (χ3v) is 2.90. The molecule has 0 radical (unpaired) electrons. The van der Waals surface area contributed by atoms with Crippen LogP contribution in [-0.4, -0.2) is 24.3 Å². The predicted octanol–water partition coefficient (Wildman–Crippen LogP) is 3.42. The monoisotopic (exact) mass is 203 g/mol. The zero-order valence-corrected chi connectivity index (χ0v) is 10.1. The van der Waals surface area contributed by atoms with Crippen molar-refractivity contribution < 1.29 is 0 Å². The molecule has 1 nitrogen and oxygen atoms in total. The molecule has 0 bridgehead atoms. The van der Waals surface area contributed by atoms with Gasteiger partial charge in [-0.05, 0) is 38.7 Å². The van der Waals surface area contributed by atoms with Crippen LogP contribution in [0, 0.1) is 0 Å². The average molecular weight is 203 g/mol. The zero-order chi connectivity index (χ0) is 9.56. The second-order valence-electron chi connectivity index (χ2n) is 2.71. The summed E-state index contributed by atoms with van der Waals surface area (Å²) in [7, 11) is 0. The first kappa shape index (κ1) is 12.1. The van der Waals surface area contributed by atoms with Crippen molar-refractivity contribution in [3.8, 4) is 0 Å². The van der Waals surface area contributed by atoms with Crippen LogP contribution in [0.1, 0.15) is 20.8 Å². The molecule has 0 aromatic heterocycles. The second-order valence-corrected chi connectivity index (χ2v) is 4.30. The standard InChI is InChI=1S/C9H17NS2/c1-7(2)10-8(3)9(12-5)6-11-4/h6,8H,1-5H3/b9-6-. The quantitative estimate of drug-likeness (QED) is 0.649. The number of hydrogen-bond acceptors (Lipinski definition) is 3. The lowest BCUT2D eigenvalue weighted by Gasteiger charge is -2.09. The smallest absolute Gasteiger partial charge is 0.0783 e. The summed E-state index contributed by atoms with van der Waals surface area (Å²) in [6, 6.07) is 0.317. The molecule has 3 heteroatoms. The average Bonchev–Trinajstić information content (AvgIpc) is 1.98. The van der Waals surface area contributed by atoms with E-state index >= 15 is 0 Å². The molecule has 1 atom stereocenters. The summed E-state index contributed by atoms with van der Waals surface area (Å²) in [5, 5.41) is 2.17. The van der Waals surface area contributed by atoms with E-state index in [9.17, 15) is 0 Å². The maximum atomic E-state index is 4.48. The van der Waals surface area contributed by atoms with Crippen LogP contribution in [0.5, 0.6) is 0 Å². The summed E-state index contributed by atoms with van der Waals surface area (Å²) in [6.45, 7) is 6.20. The van der Waals surface area contributed by atoms with Gasteiger partial charge in [0, 0.05) is 10.6 Å². The van der Waals surface area contributed by atoms with E-state index in [2.05, 4.69) is 29.8 Å². The van der Waals surface area contributed by atoms with Crippen LogP contribution in [0.15, 0.2) is 15.3 Å². The highest BCUT2D eigenvalue weighted by atomic mass is 32.2. The highest BCUT2D eigenvalue weighted by molar-refractivity contribution is 8.05. The van der Waals surface area contributed by atoms with Crippen molar-refractivity contribution in [3.63, 3.8) is 0 Å². The van der Waals surface area contributed by atoms with Gasteiger partial charge in [-0.2, -0.15) is 0 Å². The molecule has 0 saturated carbocycles. The minimum absolute atomic E-state index is 0.317. The predicted molar refractivity (Wildman–Crippen MR) is 63.4 cm³/mol. The van der Waals surface area contributed by atoms with E-state index in [0.29, 0.717) is 6.04 Å². The number of rotatable bonds is 4. The number of hydrogen-bond donors (Lipinski definition) is 0. The van der Waals surface area contributed by atoms with Gasteiger partial charge in [0.1, 0.15) is 0 Å². The van der Waals surface area contributed by atoms with Crippen molar-refractivity contribution in [2.24, 2.45) is 4.99 Å². The molecule has 0 aliphatic heterocycles. The third kappa shape index (κ3) is 4.88. The molecule has 0 rings (SSSR count). The first-order chi connectivity index (χ1) is 5.61. The fraction of sp³-hybridized carbons (Fsp3) is 0.667. The molecule has 70 valence electrons. The molecule has 0 heterocycles. The Morgan fingerprint density at radius 3 is 2.25 bits per heavy atom. The van der Waals surface area contributed by atoms with Crippen LogP contribution in [-0.2, 0) is 0 Å². The van der Waals surface area contributed by atoms with Gasteiger partial charge in [0.2, 0.25) is 0 Å². The molecule has 0 spiro atoms. The summed E-state index contributed by atoms with van der Waals surface area (Å²) in [5.74, 6) is 0. The normalized spacial score (nSPS) is 14.2. The number of nitrogens with zero attached hydrogens (tertiary/aromatic N) is 1.